The molecule has 5 aromatic rings. The van der Waals surface area contributed by atoms with Crippen LogP contribution in [0.2, 0.25) is 0 Å². The predicted molar refractivity (Wildman–Crippen MR) is 124 cm³/mol. The molecule has 3 aromatic heterocycles. The van der Waals surface area contributed by atoms with Gasteiger partial charge in [0.25, 0.3) is 11.5 Å². The Morgan fingerprint density at radius 1 is 0.938 bits per heavy atom. The molecular formula is C25H20N4O3. The first-order chi connectivity index (χ1) is 15.5. The van der Waals surface area contributed by atoms with Crippen molar-refractivity contribution in [3.63, 3.8) is 0 Å². The van der Waals surface area contributed by atoms with Crippen LogP contribution < -0.4 is 15.6 Å². The molecule has 0 bridgehead atoms. The van der Waals surface area contributed by atoms with Gasteiger partial charge in [0.15, 0.2) is 0 Å². The summed E-state index contributed by atoms with van der Waals surface area (Å²) in [5.41, 5.74) is 2.70. The van der Waals surface area contributed by atoms with Gasteiger partial charge in [-0.15, -0.1) is 0 Å². The van der Waals surface area contributed by atoms with Gasteiger partial charge in [-0.1, -0.05) is 24.3 Å². The Hall–Kier alpha value is -4.39. The molecule has 0 aliphatic heterocycles. The van der Waals surface area contributed by atoms with Crippen LogP contribution in [0.4, 0.5) is 5.69 Å². The number of para-hydroxylation sites is 1. The van der Waals surface area contributed by atoms with E-state index in [1.807, 2.05) is 43.3 Å². The highest BCUT2D eigenvalue weighted by Gasteiger charge is 2.18. The summed E-state index contributed by atoms with van der Waals surface area (Å²) in [6, 6.07) is 21.9. The van der Waals surface area contributed by atoms with Gasteiger partial charge >= 0.3 is 0 Å². The molecular weight excluding hydrogens is 404 g/mol. The third-order valence-corrected chi connectivity index (χ3v) is 5.35. The molecule has 7 nitrogen and oxygen atoms in total. The summed E-state index contributed by atoms with van der Waals surface area (Å²) < 4.78 is 8.93. The van der Waals surface area contributed by atoms with E-state index in [2.05, 4.69) is 10.3 Å². The molecule has 0 aliphatic rings. The second-order valence-electron chi connectivity index (χ2n) is 7.52. The number of benzene rings is 2. The van der Waals surface area contributed by atoms with Crippen molar-refractivity contribution in [3.8, 4) is 11.5 Å². The number of hydrogen-bond acceptors (Lipinski definition) is 4. The summed E-state index contributed by atoms with van der Waals surface area (Å²) in [6.07, 6.45) is 1.68. The standard InChI is InChI=1S/C25H20N4O3/c1-16-7-6-14-29-22(16)27-23-20(25(29)31)15-21(28(23)2)24(30)26-17-10-12-19(13-11-17)32-18-8-4-3-5-9-18/h3-15H,1-2H3,(H,26,30). The fourth-order valence-corrected chi connectivity index (χ4v) is 3.67. The van der Waals surface area contributed by atoms with E-state index in [4.69, 9.17) is 4.74 Å². The minimum Gasteiger partial charge on any atom is -0.457 e. The molecule has 7 heteroatoms. The smallest absolute Gasteiger partial charge is 0.272 e. The van der Waals surface area contributed by atoms with Gasteiger partial charge in [0.1, 0.15) is 28.5 Å². The van der Waals surface area contributed by atoms with Crippen molar-refractivity contribution in [2.24, 2.45) is 7.05 Å². The fourth-order valence-electron chi connectivity index (χ4n) is 3.67. The molecule has 2 aromatic carbocycles. The van der Waals surface area contributed by atoms with Crippen molar-refractivity contribution in [3.05, 3.63) is 101 Å². The molecule has 0 aliphatic carbocycles. The number of carbonyl (C=O) groups is 1. The number of nitrogens with one attached hydrogen (secondary N) is 1. The van der Waals surface area contributed by atoms with Crippen LogP contribution in [0.5, 0.6) is 11.5 Å². The van der Waals surface area contributed by atoms with E-state index in [0.717, 1.165) is 11.3 Å². The highest BCUT2D eigenvalue weighted by Crippen LogP contribution is 2.23. The molecule has 0 saturated carbocycles. The molecule has 1 amide bonds. The van der Waals surface area contributed by atoms with Gasteiger partial charge in [0.05, 0.1) is 5.39 Å². The zero-order valence-electron chi connectivity index (χ0n) is 17.6. The quantitative estimate of drug-likeness (QED) is 0.460. The van der Waals surface area contributed by atoms with E-state index >= 15 is 0 Å². The first-order valence-electron chi connectivity index (χ1n) is 10.1. The number of aryl methyl sites for hydroxylation is 2. The van der Waals surface area contributed by atoms with E-state index in [0.29, 0.717) is 33.8 Å². The number of rotatable bonds is 4. The Kier molecular flexibility index (Phi) is 4.71. The Morgan fingerprint density at radius 2 is 1.66 bits per heavy atom. The summed E-state index contributed by atoms with van der Waals surface area (Å²) in [6.45, 7) is 1.90. The first kappa shape index (κ1) is 19.6. The monoisotopic (exact) mass is 424 g/mol. The summed E-state index contributed by atoms with van der Waals surface area (Å²) in [7, 11) is 1.73. The predicted octanol–water partition coefficient (Wildman–Crippen LogP) is 4.54. The largest absolute Gasteiger partial charge is 0.457 e. The average molecular weight is 424 g/mol. The molecule has 0 spiro atoms. The van der Waals surface area contributed by atoms with E-state index in [1.165, 1.54) is 4.40 Å². The van der Waals surface area contributed by atoms with E-state index in [-0.39, 0.29) is 11.5 Å². The molecule has 0 fully saturated rings. The summed E-state index contributed by atoms with van der Waals surface area (Å²) in [5, 5.41) is 3.27. The third kappa shape index (κ3) is 3.39. The Bertz CT molecular complexity index is 1520. The maximum absolute atomic E-state index is 13.0. The van der Waals surface area contributed by atoms with Gasteiger partial charge in [-0.2, -0.15) is 0 Å². The number of hydrogen-bond donors (Lipinski definition) is 1. The maximum atomic E-state index is 13.0. The number of fused-ring (bicyclic) bond motifs is 2. The number of amides is 1. The molecule has 0 saturated heterocycles. The molecule has 0 atom stereocenters. The van der Waals surface area contributed by atoms with Gasteiger partial charge in [0, 0.05) is 18.9 Å². The molecule has 5 rings (SSSR count). The lowest BCUT2D eigenvalue weighted by atomic mass is 10.2. The normalized spacial score (nSPS) is 11.1. The van der Waals surface area contributed by atoms with Crippen molar-refractivity contribution in [1.29, 1.82) is 0 Å². The molecule has 3 heterocycles. The van der Waals surface area contributed by atoms with Crippen LogP contribution in [0.15, 0.2) is 83.8 Å². The number of nitrogens with zero attached hydrogens (tertiary/aromatic N) is 3. The van der Waals surface area contributed by atoms with Gasteiger partial charge < -0.3 is 14.6 Å². The van der Waals surface area contributed by atoms with Crippen LogP contribution >= 0.6 is 0 Å². The minimum atomic E-state index is -0.326. The zero-order valence-corrected chi connectivity index (χ0v) is 17.6. The van der Waals surface area contributed by atoms with Crippen molar-refractivity contribution >= 4 is 28.3 Å². The molecule has 32 heavy (non-hydrogen) atoms. The Morgan fingerprint density at radius 3 is 2.41 bits per heavy atom. The van der Waals surface area contributed by atoms with Gasteiger partial charge in [-0.3, -0.25) is 14.0 Å². The van der Waals surface area contributed by atoms with Crippen LogP contribution in [0.1, 0.15) is 16.1 Å². The van der Waals surface area contributed by atoms with Crippen molar-refractivity contribution in [2.75, 3.05) is 5.32 Å². The number of pyridine rings is 1. The average Bonchev–Trinajstić information content (AvgIpc) is 3.14. The number of ether oxygens (including phenoxy) is 1. The fraction of sp³-hybridized carbons (Fsp3) is 0.0800. The van der Waals surface area contributed by atoms with Crippen LogP contribution in [0.25, 0.3) is 16.7 Å². The second kappa shape index (κ2) is 7.70. The Labute approximate surface area is 183 Å². The number of carbonyl (C=O) groups excluding carboxylic acids is 1. The SMILES string of the molecule is Cc1cccn2c(=O)c3cc(C(=O)Nc4ccc(Oc5ccccc5)cc4)n(C)c3nc12. The summed E-state index contributed by atoms with van der Waals surface area (Å²) in [5.74, 6) is 1.08. The molecule has 1 N–H and O–H groups in total. The van der Waals surface area contributed by atoms with Gasteiger partial charge in [-0.25, -0.2) is 4.98 Å². The zero-order chi connectivity index (χ0) is 22.2. The second-order valence-corrected chi connectivity index (χ2v) is 7.52. The van der Waals surface area contributed by atoms with Crippen LogP contribution in [0, 0.1) is 6.92 Å². The molecule has 158 valence electrons. The lowest BCUT2D eigenvalue weighted by molar-refractivity contribution is 0.101. The Balaban J connectivity index is 1.43. The molecule has 0 radical (unpaired) electrons. The highest BCUT2D eigenvalue weighted by molar-refractivity contribution is 6.06. The summed E-state index contributed by atoms with van der Waals surface area (Å²) >= 11 is 0. The van der Waals surface area contributed by atoms with Crippen LogP contribution in [-0.2, 0) is 7.05 Å². The molecule has 0 unspecified atom stereocenters. The van der Waals surface area contributed by atoms with Gasteiger partial charge in [-0.05, 0) is 61.0 Å². The first-order valence-corrected chi connectivity index (χ1v) is 10.1. The summed E-state index contributed by atoms with van der Waals surface area (Å²) in [4.78, 5) is 30.5. The van der Waals surface area contributed by atoms with Crippen LogP contribution in [0.3, 0.4) is 0 Å². The lowest BCUT2D eigenvalue weighted by Gasteiger charge is -2.09. The third-order valence-electron chi connectivity index (χ3n) is 5.35. The lowest BCUT2D eigenvalue weighted by Crippen LogP contribution is -2.16. The maximum Gasteiger partial charge on any atom is 0.272 e. The van der Waals surface area contributed by atoms with Crippen molar-refractivity contribution in [2.45, 2.75) is 6.92 Å². The highest BCUT2D eigenvalue weighted by atomic mass is 16.5. The number of anilines is 1. The van der Waals surface area contributed by atoms with Crippen molar-refractivity contribution in [1.82, 2.24) is 14.0 Å². The van der Waals surface area contributed by atoms with Crippen molar-refractivity contribution < 1.29 is 9.53 Å². The van der Waals surface area contributed by atoms with E-state index in [1.54, 1.807) is 54.2 Å². The van der Waals surface area contributed by atoms with E-state index < -0.39 is 0 Å². The topological polar surface area (TPSA) is 77.6 Å². The number of aromatic nitrogens is 3. The van der Waals surface area contributed by atoms with Gasteiger partial charge in [0.2, 0.25) is 0 Å². The van der Waals surface area contributed by atoms with E-state index in [9.17, 15) is 9.59 Å². The van der Waals surface area contributed by atoms with Crippen LogP contribution in [-0.4, -0.2) is 19.9 Å². The minimum absolute atomic E-state index is 0.203.